The van der Waals surface area contributed by atoms with Crippen LogP contribution < -0.4 is 23.7 Å². The molecule has 0 bridgehead atoms. The summed E-state index contributed by atoms with van der Waals surface area (Å²) in [4.78, 5) is 58.1. The molecule has 0 N–H and O–H groups in total. The van der Waals surface area contributed by atoms with Crippen molar-refractivity contribution >= 4 is 30.5 Å². The number of hydrogen-bond acceptors (Lipinski definition) is 20. The van der Waals surface area contributed by atoms with E-state index in [2.05, 4.69) is 59.8 Å². The summed E-state index contributed by atoms with van der Waals surface area (Å²) in [5.74, 6) is 4.55. The molecule has 0 amide bonds. The van der Waals surface area contributed by atoms with E-state index in [9.17, 15) is 24.0 Å². The lowest BCUT2D eigenvalue weighted by Gasteiger charge is -2.18. The monoisotopic (exact) mass is 1160 g/mol. The van der Waals surface area contributed by atoms with Crippen molar-refractivity contribution in [2.45, 2.75) is 210 Å². The van der Waals surface area contributed by atoms with E-state index in [1.807, 2.05) is 83.1 Å². The fourth-order valence-electron chi connectivity index (χ4n) is 6.42. The third-order valence-corrected chi connectivity index (χ3v) is 11.2. The number of ether oxygens (including phenoxy) is 10. The van der Waals surface area contributed by atoms with E-state index in [0.29, 0.717) is 53.1 Å². The van der Waals surface area contributed by atoms with Crippen molar-refractivity contribution in [3.05, 3.63) is 74.2 Å². The van der Waals surface area contributed by atoms with Crippen LogP contribution in [0, 0.1) is 23.7 Å². The zero-order valence-electron chi connectivity index (χ0n) is 51.6. The van der Waals surface area contributed by atoms with Gasteiger partial charge in [0, 0.05) is 61.3 Å². The zero-order chi connectivity index (χ0) is 62.0. The van der Waals surface area contributed by atoms with Gasteiger partial charge >= 0.3 is 30.5 Å². The second-order valence-corrected chi connectivity index (χ2v) is 25.7. The molecule has 0 spiro atoms. The van der Waals surface area contributed by atoms with Gasteiger partial charge in [-0.3, -0.25) is 0 Å². The quantitative estimate of drug-likeness (QED) is 0.0928. The van der Waals surface area contributed by atoms with Gasteiger partial charge in [0.25, 0.3) is 0 Å². The maximum atomic E-state index is 11.7. The smallest absolute Gasteiger partial charge is 0.435 e. The van der Waals surface area contributed by atoms with Crippen LogP contribution in [-0.2, 0) is 23.7 Å². The number of carbonyl (C=O) groups excluding carboxylic acids is 5. The Bertz CT molecular complexity index is 2630. The average molecular weight is 1160 g/mol. The van der Waals surface area contributed by atoms with E-state index in [1.165, 1.54) is 12.5 Å². The number of aromatic nitrogens is 10. The highest BCUT2D eigenvalue weighted by molar-refractivity contribution is 5.71. The summed E-state index contributed by atoms with van der Waals surface area (Å²) in [6.45, 7) is 39.0. The maximum absolute atomic E-state index is 11.7. The predicted octanol–water partition coefficient (Wildman–Crippen LogP) is 12.0. The van der Waals surface area contributed by atoms with E-state index in [4.69, 9.17) is 47.4 Å². The van der Waals surface area contributed by atoms with E-state index in [0.717, 1.165) is 49.1 Å². The summed E-state index contributed by atoms with van der Waals surface area (Å²) in [5, 5.41) is 19.9. The van der Waals surface area contributed by atoms with Crippen molar-refractivity contribution in [1.29, 1.82) is 0 Å². The molecule has 5 aromatic rings. The first-order valence-electron chi connectivity index (χ1n) is 27.7. The summed E-state index contributed by atoms with van der Waals surface area (Å²) >= 11 is 0. The predicted molar refractivity (Wildman–Crippen MR) is 303 cm³/mol. The van der Waals surface area contributed by atoms with Crippen LogP contribution in [-0.4, -0.2) is 132 Å². The Morgan fingerprint density at radius 1 is 0.373 bits per heavy atom. The SMILES string of the molecule is C=COc1ccn(C(=O)OC(C)(C)C)n1.C[C@@H]1C[C@@H]1Oc1ccn(C(=O)OC(C)(C)C)n1.C[C@@H]1C[C@H]1Oc1ccn(C(=O)OC(C)(C)C)n1.C[C@H]1C[C@@H]1Oc1ccn(C(=O)OC(C)(C)C)n1.C[C@H]1C[C@H]1Oc1ccn(C(=O)OC(C)(C)C)n1. The first kappa shape index (κ1) is 65.9. The van der Waals surface area contributed by atoms with Crippen LogP contribution in [0.3, 0.4) is 0 Å². The van der Waals surface area contributed by atoms with E-state index < -0.39 is 58.5 Å². The summed E-state index contributed by atoms with van der Waals surface area (Å²) in [7, 11) is 0. The van der Waals surface area contributed by atoms with Gasteiger partial charge < -0.3 is 47.4 Å². The molecule has 0 radical (unpaired) electrons. The maximum Gasteiger partial charge on any atom is 0.435 e. The van der Waals surface area contributed by atoms with Gasteiger partial charge in [-0.05, 0) is 153 Å². The van der Waals surface area contributed by atoms with Crippen LogP contribution in [0.2, 0.25) is 0 Å². The summed E-state index contributed by atoms with van der Waals surface area (Å²) in [6.07, 6.45) is 11.6. The topological polar surface area (TPSA) is 267 Å². The van der Waals surface area contributed by atoms with E-state index in [-0.39, 0.29) is 24.4 Å². The van der Waals surface area contributed by atoms with Gasteiger partial charge in [0.05, 0.1) is 6.26 Å². The Balaban J connectivity index is 0.000000190. The molecule has 5 aromatic heterocycles. The van der Waals surface area contributed by atoms with Crippen LogP contribution in [0.15, 0.2) is 74.2 Å². The van der Waals surface area contributed by atoms with Crippen molar-refractivity contribution in [2.75, 3.05) is 0 Å². The summed E-state index contributed by atoms with van der Waals surface area (Å²) < 4.78 is 58.7. The minimum absolute atomic E-state index is 0.247. The standard InChI is InChI=1S/4C12H18N2O3.C10H14N2O3/c4*1-8-7-9(8)16-10-5-6-14(13-10)11(15)17-12(2,3)4;1-5-14-8-6-7-12(11-8)9(13)15-10(2,3)4/h4*5-6,8-9H,7H2,1-4H3;5-7H,1H2,2-4H3/t2*8-,9+;2*8-,9-;/m1010./s1. The molecule has 4 fully saturated rings. The van der Waals surface area contributed by atoms with Crippen LogP contribution in [0.4, 0.5) is 24.0 Å². The van der Waals surface area contributed by atoms with Gasteiger partial charge in [0.15, 0.2) is 0 Å². The average Bonchev–Trinajstić information content (AvgIpc) is 4.36. The van der Waals surface area contributed by atoms with Crippen LogP contribution >= 0.6 is 0 Å². The fourth-order valence-corrected chi connectivity index (χ4v) is 6.42. The van der Waals surface area contributed by atoms with Crippen molar-refractivity contribution in [1.82, 2.24) is 48.9 Å². The Kier molecular flexibility index (Phi) is 21.5. The number of nitrogens with zero attached hydrogens (tertiary/aromatic N) is 10. The van der Waals surface area contributed by atoms with Gasteiger partial charge in [0.1, 0.15) is 52.4 Å². The molecule has 0 aliphatic heterocycles. The molecule has 4 saturated carbocycles. The molecule has 4 aliphatic rings. The third-order valence-electron chi connectivity index (χ3n) is 11.2. The van der Waals surface area contributed by atoms with Gasteiger partial charge in [0.2, 0.25) is 29.4 Å². The molecule has 83 heavy (non-hydrogen) atoms. The van der Waals surface area contributed by atoms with Gasteiger partial charge in [-0.25, -0.2) is 24.0 Å². The lowest BCUT2D eigenvalue weighted by atomic mass is 10.2. The molecule has 5 heterocycles. The fraction of sp³-hybridized carbons (Fsp3) is 0.621. The van der Waals surface area contributed by atoms with Crippen molar-refractivity contribution in [2.24, 2.45) is 23.7 Å². The minimum Gasteiger partial charge on any atom is -0.473 e. The van der Waals surface area contributed by atoms with Gasteiger partial charge in [-0.15, -0.1) is 25.5 Å². The summed E-state index contributed by atoms with van der Waals surface area (Å²) in [6, 6.07) is 8.25. The van der Waals surface area contributed by atoms with Crippen LogP contribution in [0.5, 0.6) is 29.4 Å². The molecule has 4 aliphatic carbocycles. The second kappa shape index (κ2) is 27.0. The van der Waals surface area contributed by atoms with Crippen LogP contribution in [0.25, 0.3) is 0 Å². The highest BCUT2D eigenvalue weighted by Crippen LogP contribution is 2.36. The molecule has 25 heteroatoms. The molecule has 25 nitrogen and oxygen atoms in total. The number of rotatable bonds is 10. The highest BCUT2D eigenvalue weighted by atomic mass is 16.6. The Labute approximate surface area is 486 Å². The minimum atomic E-state index is -0.540. The molecular weight excluding hydrogens is 1080 g/mol. The lowest BCUT2D eigenvalue weighted by molar-refractivity contribution is 0.0501. The van der Waals surface area contributed by atoms with Gasteiger partial charge in [-0.1, -0.05) is 34.3 Å². The van der Waals surface area contributed by atoms with Crippen molar-refractivity contribution in [3.63, 3.8) is 0 Å². The largest absolute Gasteiger partial charge is 0.473 e. The lowest BCUT2D eigenvalue weighted by Crippen LogP contribution is -2.27. The van der Waals surface area contributed by atoms with Gasteiger partial charge in [-0.2, -0.15) is 23.4 Å². The zero-order valence-corrected chi connectivity index (χ0v) is 51.6. The summed E-state index contributed by atoms with van der Waals surface area (Å²) in [5.41, 5.74) is -2.61. The molecule has 0 unspecified atom stereocenters. The Morgan fingerprint density at radius 3 is 0.699 bits per heavy atom. The van der Waals surface area contributed by atoms with E-state index in [1.54, 1.807) is 75.9 Å². The van der Waals surface area contributed by atoms with Crippen LogP contribution in [0.1, 0.15) is 157 Å². The highest BCUT2D eigenvalue weighted by Gasteiger charge is 2.38. The second-order valence-electron chi connectivity index (χ2n) is 25.7. The normalized spacial score (nSPS) is 21.0. The molecular formula is C58H86N10O15. The molecule has 9 rings (SSSR count). The Hall–Kier alpha value is -7.86. The first-order valence-corrected chi connectivity index (χ1v) is 27.7. The molecule has 0 saturated heterocycles. The number of carbonyl (C=O) groups is 5. The molecule has 458 valence electrons. The first-order chi connectivity index (χ1) is 38.3. The molecule has 8 atom stereocenters. The Morgan fingerprint density at radius 2 is 0.542 bits per heavy atom. The molecule has 0 aromatic carbocycles. The third kappa shape index (κ3) is 24.6. The number of hydrogen-bond donors (Lipinski definition) is 0. The van der Waals surface area contributed by atoms with Crippen molar-refractivity contribution in [3.8, 4) is 29.4 Å². The van der Waals surface area contributed by atoms with E-state index >= 15 is 0 Å². The van der Waals surface area contributed by atoms with Crippen molar-refractivity contribution < 1.29 is 71.3 Å².